The van der Waals surface area contributed by atoms with E-state index in [0.717, 1.165) is 44.3 Å². The molecule has 1 aromatic carbocycles. The molecule has 1 saturated heterocycles. The lowest BCUT2D eigenvalue weighted by atomic mass is 9.84. The quantitative estimate of drug-likeness (QED) is 0.271. The summed E-state index contributed by atoms with van der Waals surface area (Å²) >= 11 is 1.84. The predicted molar refractivity (Wildman–Crippen MR) is 105 cm³/mol. The van der Waals surface area contributed by atoms with Gasteiger partial charge in [0.1, 0.15) is 0 Å². The van der Waals surface area contributed by atoms with Gasteiger partial charge in [0.15, 0.2) is 5.96 Å². The second kappa shape index (κ2) is 10.7. The number of thioether (sulfide) groups is 1. The number of aliphatic hydroxyl groups excluding tert-OH is 1. The number of hydrogen-bond acceptors (Lipinski definition) is 4. The van der Waals surface area contributed by atoms with Crippen LogP contribution in [0.1, 0.15) is 25.3 Å². The highest BCUT2D eigenvalue weighted by Gasteiger charge is 2.34. The second-order valence-corrected chi connectivity index (χ2v) is 7.73. The van der Waals surface area contributed by atoms with Gasteiger partial charge >= 0.3 is 0 Å². The van der Waals surface area contributed by atoms with Gasteiger partial charge in [-0.05, 0) is 38.8 Å². The zero-order valence-electron chi connectivity index (χ0n) is 15.4. The first-order chi connectivity index (χ1) is 12.2. The number of nitrogens with one attached hydrogen (secondary N) is 2. The van der Waals surface area contributed by atoms with Crippen molar-refractivity contribution in [2.24, 2.45) is 10.4 Å². The largest absolute Gasteiger partial charge is 0.396 e. The van der Waals surface area contributed by atoms with Crippen LogP contribution in [-0.4, -0.2) is 56.3 Å². The molecule has 2 rings (SSSR count). The molecule has 1 aliphatic heterocycles. The van der Waals surface area contributed by atoms with Gasteiger partial charge in [-0.2, -0.15) is 0 Å². The third-order valence-electron chi connectivity index (χ3n) is 4.43. The van der Waals surface area contributed by atoms with E-state index in [4.69, 9.17) is 9.73 Å². The molecule has 140 valence electrons. The molecule has 0 amide bonds. The Balaban J connectivity index is 1.79. The van der Waals surface area contributed by atoms with E-state index in [0.29, 0.717) is 13.2 Å². The van der Waals surface area contributed by atoms with E-state index in [1.165, 1.54) is 10.5 Å². The van der Waals surface area contributed by atoms with Crippen molar-refractivity contribution in [1.29, 1.82) is 0 Å². The van der Waals surface area contributed by atoms with E-state index in [2.05, 4.69) is 48.7 Å². The van der Waals surface area contributed by atoms with Crippen LogP contribution in [0.5, 0.6) is 0 Å². The minimum Gasteiger partial charge on any atom is -0.396 e. The molecular formula is C19H31N3O2S. The molecule has 0 aromatic heterocycles. The minimum absolute atomic E-state index is 0.00620. The van der Waals surface area contributed by atoms with Gasteiger partial charge in [-0.15, -0.1) is 11.8 Å². The molecule has 0 spiro atoms. The predicted octanol–water partition coefficient (Wildman–Crippen LogP) is 2.43. The molecular weight excluding hydrogens is 334 g/mol. The van der Waals surface area contributed by atoms with Gasteiger partial charge in [0.2, 0.25) is 0 Å². The number of nitrogens with zero attached hydrogens (tertiary/aromatic N) is 1. The summed E-state index contributed by atoms with van der Waals surface area (Å²) in [5.74, 6) is 1.83. The SMILES string of the molecule is CCNC(=NCC1(CCO)CCOC1)NCCSc1ccc(C)cc1. The Bertz CT molecular complexity index is 528. The Labute approximate surface area is 155 Å². The van der Waals surface area contributed by atoms with Gasteiger partial charge in [-0.3, -0.25) is 4.99 Å². The van der Waals surface area contributed by atoms with Gasteiger partial charge in [-0.1, -0.05) is 17.7 Å². The van der Waals surface area contributed by atoms with Gasteiger partial charge in [0.05, 0.1) is 13.2 Å². The molecule has 5 nitrogen and oxygen atoms in total. The molecule has 3 N–H and O–H groups in total. The van der Waals surface area contributed by atoms with Crippen LogP contribution in [0.3, 0.4) is 0 Å². The molecule has 6 heteroatoms. The number of hydrogen-bond donors (Lipinski definition) is 3. The first-order valence-electron chi connectivity index (χ1n) is 9.08. The van der Waals surface area contributed by atoms with Gasteiger partial charge < -0.3 is 20.5 Å². The van der Waals surface area contributed by atoms with Crippen molar-refractivity contribution >= 4 is 17.7 Å². The highest BCUT2D eigenvalue weighted by Crippen LogP contribution is 2.32. The van der Waals surface area contributed by atoms with Crippen LogP contribution in [0.25, 0.3) is 0 Å². The first kappa shape index (κ1) is 20.1. The number of aliphatic hydroxyl groups is 1. The van der Waals surface area contributed by atoms with Crippen LogP contribution >= 0.6 is 11.8 Å². The summed E-state index contributed by atoms with van der Waals surface area (Å²) in [7, 11) is 0. The molecule has 1 atom stereocenters. The van der Waals surface area contributed by atoms with Gasteiger partial charge in [0.25, 0.3) is 0 Å². The second-order valence-electron chi connectivity index (χ2n) is 6.56. The van der Waals surface area contributed by atoms with Gasteiger partial charge in [0, 0.05) is 42.4 Å². The third kappa shape index (κ3) is 6.88. The van der Waals surface area contributed by atoms with Crippen LogP contribution in [0.4, 0.5) is 0 Å². The van der Waals surface area contributed by atoms with Crippen molar-refractivity contribution in [3.63, 3.8) is 0 Å². The molecule has 1 heterocycles. The van der Waals surface area contributed by atoms with E-state index in [-0.39, 0.29) is 12.0 Å². The maximum absolute atomic E-state index is 9.32. The lowest BCUT2D eigenvalue weighted by Gasteiger charge is -2.24. The average molecular weight is 366 g/mol. The lowest BCUT2D eigenvalue weighted by Crippen LogP contribution is -2.39. The molecule has 1 fully saturated rings. The van der Waals surface area contributed by atoms with Crippen molar-refractivity contribution in [2.45, 2.75) is 31.6 Å². The fraction of sp³-hybridized carbons (Fsp3) is 0.632. The molecule has 25 heavy (non-hydrogen) atoms. The summed E-state index contributed by atoms with van der Waals surface area (Å²) in [5.41, 5.74) is 1.28. The number of ether oxygens (including phenoxy) is 1. The van der Waals surface area contributed by atoms with Crippen LogP contribution < -0.4 is 10.6 Å². The summed E-state index contributed by atoms with van der Waals surface area (Å²) in [6.07, 6.45) is 1.72. The molecule has 0 saturated carbocycles. The summed E-state index contributed by atoms with van der Waals surface area (Å²) in [6.45, 7) is 8.21. The number of benzene rings is 1. The molecule has 0 radical (unpaired) electrons. The van der Waals surface area contributed by atoms with Crippen LogP contribution in [0.15, 0.2) is 34.2 Å². The van der Waals surface area contributed by atoms with E-state index < -0.39 is 0 Å². The minimum atomic E-state index is -0.00620. The summed E-state index contributed by atoms with van der Waals surface area (Å²) < 4.78 is 5.54. The van der Waals surface area contributed by atoms with Crippen molar-refractivity contribution in [1.82, 2.24) is 10.6 Å². The standard InChI is InChI=1S/C19H31N3O2S/c1-3-20-18(22-14-19(8-11-23)9-12-24-15-19)21-10-13-25-17-6-4-16(2)5-7-17/h4-7,23H,3,8-15H2,1-2H3,(H2,20,21,22). The maximum atomic E-state index is 9.32. The van der Waals surface area contributed by atoms with E-state index in [9.17, 15) is 5.11 Å². The van der Waals surface area contributed by atoms with E-state index in [1.807, 2.05) is 11.8 Å². The molecule has 1 aromatic rings. The highest BCUT2D eigenvalue weighted by molar-refractivity contribution is 7.99. The number of aryl methyl sites for hydroxylation is 1. The molecule has 0 aliphatic carbocycles. The average Bonchev–Trinajstić information content (AvgIpc) is 3.07. The molecule has 1 unspecified atom stereocenters. The van der Waals surface area contributed by atoms with Crippen molar-refractivity contribution in [2.75, 3.05) is 45.2 Å². The normalized spacial score (nSPS) is 20.7. The first-order valence-corrected chi connectivity index (χ1v) is 10.1. The number of guanidine groups is 1. The Hall–Kier alpha value is -1.24. The Kier molecular flexibility index (Phi) is 8.58. The fourth-order valence-corrected chi connectivity index (χ4v) is 3.62. The Morgan fingerprint density at radius 1 is 1.32 bits per heavy atom. The van der Waals surface area contributed by atoms with Crippen molar-refractivity contribution < 1.29 is 9.84 Å². The summed E-state index contributed by atoms with van der Waals surface area (Å²) in [6, 6.07) is 8.62. The fourth-order valence-electron chi connectivity index (χ4n) is 2.85. The van der Waals surface area contributed by atoms with Crippen LogP contribution in [0, 0.1) is 12.3 Å². The zero-order valence-corrected chi connectivity index (χ0v) is 16.2. The summed E-state index contributed by atoms with van der Waals surface area (Å²) in [4.78, 5) is 6.03. The van der Waals surface area contributed by atoms with E-state index >= 15 is 0 Å². The Morgan fingerprint density at radius 2 is 2.12 bits per heavy atom. The van der Waals surface area contributed by atoms with Crippen LogP contribution in [-0.2, 0) is 4.74 Å². The number of rotatable bonds is 9. The highest BCUT2D eigenvalue weighted by atomic mass is 32.2. The molecule has 0 bridgehead atoms. The topological polar surface area (TPSA) is 65.9 Å². The summed E-state index contributed by atoms with van der Waals surface area (Å²) in [5, 5.41) is 16.0. The lowest BCUT2D eigenvalue weighted by molar-refractivity contribution is 0.131. The van der Waals surface area contributed by atoms with E-state index in [1.54, 1.807) is 0 Å². The van der Waals surface area contributed by atoms with Crippen molar-refractivity contribution in [3.8, 4) is 0 Å². The number of aliphatic imine (C=N–C) groups is 1. The maximum Gasteiger partial charge on any atom is 0.191 e. The van der Waals surface area contributed by atoms with Gasteiger partial charge in [-0.25, -0.2) is 0 Å². The third-order valence-corrected chi connectivity index (χ3v) is 5.44. The van der Waals surface area contributed by atoms with Crippen LogP contribution in [0.2, 0.25) is 0 Å². The zero-order chi connectivity index (χ0) is 18.0. The van der Waals surface area contributed by atoms with Crippen molar-refractivity contribution in [3.05, 3.63) is 29.8 Å². The monoisotopic (exact) mass is 365 g/mol. The smallest absolute Gasteiger partial charge is 0.191 e. The Morgan fingerprint density at radius 3 is 2.76 bits per heavy atom. The molecule has 1 aliphatic rings.